The number of aromatic nitrogens is 1. The lowest BCUT2D eigenvalue weighted by Crippen LogP contribution is -2.38. The van der Waals surface area contributed by atoms with Crippen LogP contribution < -0.4 is 14.8 Å². The summed E-state index contributed by atoms with van der Waals surface area (Å²) >= 11 is 1.76. The van der Waals surface area contributed by atoms with E-state index in [1.54, 1.807) is 18.0 Å². The van der Waals surface area contributed by atoms with E-state index in [-0.39, 0.29) is 5.91 Å². The number of nitrogens with zero attached hydrogens (tertiary/aromatic N) is 1. The summed E-state index contributed by atoms with van der Waals surface area (Å²) in [5, 5.41) is 3.17. The van der Waals surface area contributed by atoms with Crippen LogP contribution in [0.25, 0.3) is 0 Å². The molecular weight excluding hydrogens is 420 g/mol. The highest BCUT2D eigenvalue weighted by Gasteiger charge is 2.43. The van der Waals surface area contributed by atoms with E-state index < -0.39 is 5.41 Å². The van der Waals surface area contributed by atoms with Crippen molar-refractivity contribution < 1.29 is 14.3 Å². The van der Waals surface area contributed by atoms with Crippen molar-refractivity contribution in [1.82, 2.24) is 4.98 Å². The zero-order chi connectivity index (χ0) is 21.8. The molecule has 1 amide bonds. The van der Waals surface area contributed by atoms with Gasteiger partial charge in [0, 0.05) is 28.7 Å². The predicted molar refractivity (Wildman–Crippen MR) is 126 cm³/mol. The number of carbonyl (C=O) groups is 1. The first-order valence-corrected chi connectivity index (χ1v) is 12.0. The van der Waals surface area contributed by atoms with Gasteiger partial charge in [-0.25, -0.2) is 0 Å². The number of pyridine rings is 1. The van der Waals surface area contributed by atoms with Crippen LogP contribution in [0.2, 0.25) is 0 Å². The van der Waals surface area contributed by atoms with Crippen molar-refractivity contribution in [2.24, 2.45) is 0 Å². The lowest BCUT2D eigenvalue weighted by molar-refractivity contribution is -0.121. The van der Waals surface area contributed by atoms with Gasteiger partial charge in [0.15, 0.2) is 11.5 Å². The monoisotopic (exact) mass is 446 g/mol. The van der Waals surface area contributed by atoms with Gasteiger partial charge in [0.05, 0.1) is 5.41 Å². The molecule has 1 aromatic heterocycles. The number of amides is 1. The second-order valence-corrected chi connectivity index (χ2v) is 9.32. The number of benzene rings is 2. The molecule has 0 radical (unpaired) electrons. The summed E-state index contributed by atoms with van der Waals surface area (Å²) in [6.07, 6.45) is 7.46. The molecule has 0 unspecified atom stereocenters. The average Bonchev–Trinajstić information content (AvgIpc) is 3.35. The fourth-order valence-corrected chi connectivity index (χ4v) is 5.33. The zero-order valence-corrected chi connectivity index (χ0v) is 18.7. The number of rotatable bonds is 6. The van der Waals surface area contributed by atoms with Crippen LogP contribution in [0.3, 0.4) is 0 Å². The van der Waals surface area contributed by atoms with E-state index in [2.05, 4.69) is 28.5 Å². The molecule has 1 aliphatic heterocycles. The minimum Gasteiger partial charge on any atom is -0.486 e. The number of thioether (sulfide) groups is 1. The number of carbonyl (C=O) groups excluding carboxylic acids is 1. The fourth-order valence-electron chi connectivity index (χ4n) is 4.50. The van der Waals surface area contributed by atoms with Gasteiger partial charge in [0.2, 0.25) is 5.91 Å². The summed E-state index contributed by atoms with van der Waals surface area (Å²) in [5.74, 6) is 2.42. The van der Waals surface area contributed by atoms with Gasteiger partial charge >= 0.3 is 0 Å². The zero-order valence-electron chi connectivity index (χ0n) is 17.9. The topological polar surface area (TPSA) is 60.5 Å². The summed E-state index contributed by atoms with van der Waals surface area (Å²) in [7, 11) is 0. The van der Waals surface area contributed by atoms with Crippen molar-refractivity contribution >= 4 is 23.4 Å². The van der Waals surface area contributed by atoms with Crippen molar-refractivity contribution in [2.45, 2.75) is 41.7 Å². The number of ether oxygens (including phenoxy) is 2. The van der Waals surface area contributed by atoms with Crippen molar-refractivity contribution in [2.75, 3.05) is 18.5 Å². The van der Waals surface area contributed by atoms with Crippen LogP contribution in [0.1, 0.15) is 36.8 Å². The fraction of sp³-hybridized carbons (Fsp3) is 0.308. The highest BCUT2D eigenvalue weighted by atomic mass is 32.2. The molecule has 0 saturated heterocycles. The standard InChI is InChI=1S/C26H26N2O3S/c29-25(28-21-6-8-22(9-7-21)32-18-19-4-3-13-27-17-19)26(11-1-2-12-26)20-5-10-23-24(16-20)31-15-14-30-23/h3-10,13,16-17H,1-2,11-12,14-15,18H2,(H,28,29). The molecule has 5 rings (SSSR count). The SMILES string of the molecule is O=C(Nc1ccc(SCc2cccnc2)cc1)C1(c2ccc3c(c2)OCCO3)CCCC1. The number of nitrogens with one attached hydrogen (secondary N) is 1. The second-order valence-electron chi connectivity index (χ2n) is 8.28. The molecule has 5 nitrogen and oxygen atoms in total. The maximum absolute atomic E-state index is 13.5. The molecule has 0 bridgehead atoms. The smallest absolute Gasteiger partial charge is 0.235 e. The third kappa shape index (κ3) is 4.32. The Morgan fingerprint density at radius 3 is 2.53 bits per heavy atom. The van der Waals surface area contributed by atoms with Crippen LogP contribution in [0.15, 0.2) is 71.9 Å². The maximum atomic E-state index is 13.5. The molecule has 32 heavy (non-hydrogen) atoms. The second kappa shape index (κ2) is 9.25. The van der Waals surface area contributed by atoms with E-state index in [0.29, 0.717) is 13.2 Å². The molecule has 2 aromatic carbocycles. The van der Waals surface area contributed by atoms with Gasteiger partial charge in [-0.2, -0.15) is 0 Å². The Hall–Kier alpha value is -2.99. The van der Waals surface area contributed by atoms with E-state index in [1.807, 2.05) is 42.6 Å². The van der Waals surface area contributed by atoms with Gasteiger partial charge in [-0.15, -0.1) is 11.8 Å². The number of hydrogen-bond acceptors (Lipinski definition) is 5. The van der Waals surface area contributed by atoms with Gasteiger partial charge in [-0.3, -0.25) is 9.78 Å². The summed E-state index contributed by atoms with van der Waals surface area (Å²) in [6.45, 7) is 1.11. The molecule has 0 spiro atoms. The van der Waals surface area contributed by atoms with E-state index in [9.17, 15) is 4.79 Å². The minimum atomic E-state index is -0.524. The van der Waals surface area contributed by atoms with E-state index in [4.69, 9.17) is 9.47 Å². The maximum Gasteiger partial charge on any atom is 0.235 e. The van der Waals surface area contributed by atoms with Gasteiger partial charge in [0.1, 0.15) is 13.2 Å². The molecule has 2 aliphatic rings. The quantitative estimate of drug-likeness (QED) is 0.500. The molecule has 2 heterocycles. The van der Waals surface area contributed by atoms with Crippen LogP contribution in [0, 0.1) is 0 Å². The summed E-state index contributed by atoms with van der Waals surface area (Å²) < 4.78 is 11.4. The van der Waals surface area contributed by atoms with Crippen molar-refractivity contribution in [3.8, 4) is 11.5 Å². The normalized spacial score (nSPS) is 16.5. The van der Waals surface area contributed by atoms with Gasteiger partial charge in [-0.05, 0) is 66.4 Å². The summed E-state index contributed by atoms with van der Waals surface area (Å²) in [4.78, 5) is 18.8. The third-order valence-electron chi connectivity index (χ3n) is 6.23. The van der Waals surface area contributed by atoms with Crippen LogP contribution in [-0.4, -0.2) is 24.1 Å². The Labute approximate surface area is 192 Å². The summed E-state index contributed by atoms with van der Waals surface area (Å²) in [5.41, 5.74) is 2.51. The molecule has 0 atom stereocenters. The Morgan fingerprint density at radius 1 is 1.00 bits per heavy atom. The van der Waals surface area contributed by atoms with Crippen molar-refractivity contribution in [1.29, 1.82) is 0 Å². The number of fused-ring (bicyclic) bond motifs is 1. The van der Waals surface area contributed by atoms with Crippen molar-refractivity contribution in [3.05, 3.63) is 78.1 Å². The van der Waals surface area contributed by atoms with E-state index in [0.717, 1.165) is 59.1 Å². The van der Waals surface area contributed by atoms with Gasteiger partial charge in [0.25, 0.3) is 0 Å². The Balaban J connectivity index is 1.29. The largest absolute Gasteiger partial charge is 0.486 e. The molecular formula is C26H26N2O3S. The predicted octanol–water partition coefficient (Wildman–Crippen LogP) is 5.60. The molecule has 1 fully saturated rings. The van der Waals surface area contributed by atoms with Crippen LogP contribution >= 0.6 is 11.8 Å². The number of anilines is 1. The highest BCUT2D eigenvalue weighted by Crippen LogP contribution is 2.45. The first-order valence-electron chi connectivity index (χ1n) is 11.1. The molecule has 1 saturated carbocycles. The highest BCUT2D eigenvalue weighted by molar-refractivity contribution is 7.98. The number of hydrogen-bond donors (Lipinski definition) is 1. The van der Waals surface area contributed by atoms with Gasteiger partial charge < -0.3 is 14.8 Å². The first-order chi connectivity index (χ1) is 15.7. The average molecular weight is 447 g/mol. The Morgan fingerprint density at radius 2 is 1.78 bits per heavy atom. The van der Waals surface area contributed by atoms with Crippen molar-refractivity contribution in [3.63, 3.8) is 0 Å². The third-order valence-corrected chi connectivity index (χ3v) is 7.31. The van der Waals surface area contributed by atoms with Crippen LogP contribution in [0.4, 0.5) is 5.69 Å². The molecule has 3 aromatic rings. The molecule has 1 aliphatic carbocycles. The Kier molecular flexibility index (Phi) is 6.04. The van der Waals surface area contributed by atoms with Crippen LogP contribution in [0.5, 0.6) is 11.5 Å². The molecule has 1 N–H and O–H groups in total. The minimum absolute atomic E-state index is 0.0578. The lowest BCUT2D eigenvalue weighted by atomic mass is 9.77. The lowest BCUT2D eigenvalue weighted by Gasteiger charge is -2.30. The van der Waals surface area contributed by atoms with E-state index in [1.165, 1.54) is 5.56 Å². The first kappa shape index (κ1) is 20.9. The van der Waals surface area contributed by atoms with E-state index >= 15 is 0 Å². The Bertz CT molecular complexity index is 1080. The van der Waals surface area contributed by atoms with Gasteiger partial charge in [-0.1, -0.05) is 25.0 Å². The summed E-state index contributed by atoms with van der Waals surface area (Å²) in [6, 6.07) is 18.1. The molecule has 6 heteroatoms. The molecule has 164 valence electrons. The van der Waals surface area contributed by atoms with Crippen LogP contribution in [-0.2, 0) is 16.0 Å².